The quantitative estimate of drug-likeness (QED) is 0.839. The van der Waals surface area contributed by atoms with Crippen molar-refractivity contribution < 1.29 is 17.5 Å². The molecule has 0 spiro atoms. The van der Waals surface area contributed by atoms with E-state index in [9.17, 15) is 12.8 Å². The molecular weight excluding hydrogens is 293 g/mol. The number of hydrogen-bond acceptors (Lipinski definition) is 3. The fraction of sp³-hybridized carbons (Fsp3) is 0.600. The third kappa shape index (κ3) is 4.02. The normalized spacial score (nSPS) is 19.9. The largest absolute Gasteiger partial charge is 0.378 e. The number of halogens is 1. The van der Waals surface area contributed by atoms with Crippen molar-refractivity contribution in [3.63, 3.8) is 0 Å². The van der Waals surface area contributed by atoms with Gasteiger partial charge in [0.05, 0.1) is 11.0 Å². The van der Waals surface area contributed by atoms with Crippen LogP contribution in [0.4, 0.5) is 4.39 Å². The number of aryl methyl sites for hydroxylation is 1. The molecule has 2 rings (SSSR count). The fourth-order valence-electron chi connectivity index (χ4n) is 2.55. The molecule has 1 saturated heterocycles. The van der Waals surface area contributed by atoms with Crippen LogP contribution in [0.3, 0.4) is 0 Å². The third-order valence-corrected chi connectivity index (χ3v) is 5.88. The molecule has 0 N–H and O–H groups in total. The SMILES string of the molecule is Cc1cc(F)ccc1S(=O)(=O)N(C)CCC1CCCCO1. The molecular formula is C15H22FNO3S. The molecule has 1 fully saturated rings. The summed E-state index contributed by atoms with van der Waals surface area (Å²) in [5, 5.41) is 0. The lowest BCUT2D eigenvalue weighted by molar-refractivity contribution is 0.00950. The zero-order valence-electron chi connectivity index (χ0n) is 12.5. The smallest absolute Gasteiger partial charge is 0.243 e. The summed E-state index contributed by atoms with van der Waals surface area (Å²) in [5.74, 6) is -0.426. The van der Waals surface area contributed by atoms with E-state index in [-0.39, 0.29) is 11.0 Å². The van der Waals surface area contributed by atoms with Crippen molar-refractivity contribution in [3.05, 3.63) is 29.6 Å². The van der Waals surface area contributed by atoms with E-state index < -0.39 is 15.8 Å². The van der Waals surface area contributed by atoms with Gasteiger partial charge in [-0.1, -0.05) is 0 Å². The van der Waals surface area contributed by atoms with Gasteiger partial charge in [-0.2, -0.15) is 0 Å². The Balaban J connectivity index is 2.04. The fourth-order valence-corrected chi connectivity index (χ4v) is 3.94. The summed E-state index contributed by atoms with van der Waals surface area (Å²) in [6.45, 7) is 2.77. The molecule has 0 amide bonds. The Bertz CT molecular complexity index is 583. The Morgan fingerprint density at radius 3 is 2.76 bits per heavy atom. The maximum atomic E-state index is 13.1. The van der Waals surface area contributed by atoms with Crippen LogP contribution in [0, 0.1) is 12.7 Å². The Morgan fingerprint density at radius 2 is 2.14 bits per heavy atom. The van der Waals surface area contributed by atoms with E-state index in [0.29, 0.717) is 18.5 Å². The van der Waals surface area contributed by atoms with Gasteiger partial charge in [0, 0.05) is 20.2 Å². The third-order valence-electron chi connectivity index (χ3n) is 3.87. The summed E-state index contributed by atoms with van der Waals surface area (Å²) in [5.41, 5.74) is 0.427. The van der Waals surface area contributed by atoms with Crippen molar-refractivity contribution in [1.29, 1.82) is 0 Å². The highest BCUT2D eigenvalue weighted by atomic mass is 32.2. The molecule has 0 radical (unpaired) electrons. The van der Waals surface area contributed by atoms with Gasteiger partial charge in [-0.05, 0) is 56.4 Å². The van der Waals surface area contributed by atoms with E-state index in [1.54, 1.807) is 14.0 Å². The van der Waals surface area contributed by atoms with E-state index in [1.807, 2.05) is 0 Å². The van der Waals surface area contributed by atoms with Gasteiger partial charge in [0.15, 0.2) is 0 Å². The summed E-state index contributed by atoms with van der Waals surface area (Å²) in [7, 11) is -2.02. The van der Waals surface area contributed by atoms with Gasteiger partial charge in [0.1, 0.15) is 5.82 Å². The summed E-state index contributed by atoms with van der Waals surface area (Å²) < 4.78 is 45.0. The molecule has 118 valence electrons. The van der Waals surface area contributed by atoms with Gasteiger partial charge in [-0.25, -0.2) is 17.1 Å². The molecule has 0 aliphatic carbocycles. The van der Waals surface area contributed by atoms with Gasteiger partial charge in [0.2, 0.25) is 10.0 Å². The van der Waals surface area contributed by atoms with Gasteiger partial charge < -0.3 is 4.74 Å². The molecule has 1 atom stereocenters. The van der Waals surface area contributed by atoms with E-state index in [0.717, 1.165) is 25.9 Å². The highest BCUT2D eigenvalue weighted by Crippen LogP contribution is 2.21. The zero-order valence-corrected chi connectivity index (χ0v) is 13.3. The summed E-state index contributed by atoms with van der Waals surface area (Å²) in [6, 6.07) is 3.75. The molecule has 6 heteroatoms. The number of rotatable bonds is 5. The predicted molar refractivity (Wildman–Crippen MR) is 79.2 cm³/mol. The minimum Gasteiger partial charge on any atom is -0.378 e. The molecule has 1 aromatic rings. The maximum Gasteiger partial charge on any atom is 0.243 e. The first kappa shape index (κ1) is 16.4. The standard InChI is InChI=1S/C15H22FNO3S/c1-12-11-13(16)6-7-15(12)21(18,19)17(2)9-8-14-5-3-4-10-20-14/h6-7,11,14H,3-5,8-10H2,1-2H3. The van der Waals surface area contributed by atoms with E-state index in [2.05, 4.69) is 0 Å². The summed E-state index contributed by atoms with van der Waals surface area (Å²) >= 11 is 0. The molecule has 1 aliphatic rings. The van der Waals surface area contributed by atoms with Gasteiger partial charge >= 0.3 is 0 Å². The number of benzene rings is 1. The lowest BCUT2D eigenvalue weighted by Crippen LogP contribution is -2.32. The molecule has 0 aromatic heterocycles. The number of ether oxygens (including phenoxy) is 1. The molecule has 1 unspecified atom stereocenters. The molecule has 0 bridgehead atoms. The van der Waals surface area contributed by atoms with E-state index in [1.165, 1.54) is 22.5 Å². The molecule has 1 aliphatic heterocycles. The first-order chi connectivity index (χ1) is 9.91. The van der Waals surface area contributed by atoms with Crippen molar-refractivity contribution in [2.24, 2.45) is 0 Å². The van der Waals surface area contributed by atoms with Crippen LogP contribution < -0.4 is 0 Å². The van der Waals surface area contributed by atoms with Crippen molar-refractivity contribution in [3.8, 4) is 0 Å². The lowest BCUT2D eigenvalue weighted by Gasteiger charge is -2.25. The molecule has 4 nitrogen and oxygen atoms in total. The average Bonchev–Trinajstić information content (AvgIpc) is 2.45. The van der Waals surface area contributed by atoms with Crippen LogP contribution in [0.2, 0.25) is 0 Å². The number of hydrogen-bond donors (Lipinski definition) is 0. The molecule has 1 aromatic carbocycles. The second-order valence-electron chi connectivity index (χ2n) is 5.51. The van der Waals surface area contributed by atoms with Crippen molar-refractivity contribution in [2.45, 2.75) is 43.6 Å². The lowest BCUT2D eigenvalue weighted by atomic mass is 10.1. The monoisotopic (exact) mass is 315 g/mol. The summed E-state index contributed by atoms with van der Waals surface area (Å²) in [4.78, 5) is 0.163. The van der Waals surface area contributed by atoms with Crippen LogP contribution >= 0.6 is 0 Å². The van der Waals surface area contributed by atoms with E-state index >= 15 is 0 Å². The second-order valence-corrected chi connectivity index (χ2v) is 7.53. The van der Waals surface area contributed by atoms with Crippen molar-refractivity contribution in [2.75, 3.05) is 20.2 Å². The van der Waals surface area contributed by atoms with Gasteiger partial charge in [-0.15, -0.1) is 0 Å². The highest BCUT2D eigenvalue weighted by molar-refractivity contribution is 7.89. The Morgan fingerprint density at radius 1 is 1.38 bits per heavy atom. The highest BCUT2D eigenvalue weighted by Gasteiger charge is 2.24. The van der Waals surface area contributed by atoms with Crippen LogP contribution in [0.15, 0.2) is 23.1 Å². The van der Waals surface area contributed by atoms with Crippen LogP contribution in [0.5, 0.6) is 0 Å². The predicted octanol–water partition coefficient (Wildman–Crippen LogP) is 2.71. The number of nitrogens with zero attached hydrogens (tertiary/aromatic N) is 1. The minimum atomic E-state index is -3.58. The van der Waals surface area contributed by atoms with Gasteiger partial charge in [-0.3, -0.25) is 0 Å². The molecule has 1 heterocycles. The topological polar surface area (TPSA) is 46.6 Å². The van der Waals surface area contributed by atoms with Crippen molar-refractivity contribution in [1.82, 2.24) is 4.31 Å². The summed E-state index contributed by atoms with van der Waals surface area (Å²) in [6.07, 6.45) is 4.04. The Hall–Kier alpha value is -0.980. The van der Waals surface area contributed by atoms with Crippen LogP contribution in [0.25, 0.3) is 0 Å². The minimum absolute atomic E-state index is 0.144. The maximum absolute atomic E-state index is 13.1. The molecule has 0 saturated carbocycles. The Kier molecular flexibility index (Phi) is 5.35. The van der Waals surface area contributed by atoms with Crippen LogP contribution in [0.1, 0.15) is 31.2 Å². The average molecular weight is 315 g/mol. The Labute approximate surface area is 126 Å². The second kappa shape index (κ2) is 6.85. The van der Waals surface area contributed by atoms with Crippen LogP contribution in [-0.4, -0.2) is 39.0 Å². The zero-order chi connectivity index (χ0) is 15.5. The van der Waals surface area contributed by atoms with Gasteiger partial charge in [0.25, 0.3) is 0 Å². The van der Waals surface area contributed by atoms with Crippen molar-refractivity contribution >= 4 is 10.0 Å². The van der Waals surface area contributed by atoms with E-state index in [4.69, 9.17) is 4.74 Å². The number of sulfonamides is 1. The first-order valence-corrected chi connectivity index (χ1v) is 8.69. The van der Waals surface area contributed by atoms with Crippen LogP contribution in [-0.2, 0) is 14.8 Å². The molecule has 21 heavy (non-hydrogen) atoms. The first-order valence-electron chi connectivity index (χ1n) is 7.25.